The van der Waals surface area contributed by atoms with E-state index >= 15 is 0 Å². The first kappa shape index (κ1) is 25.5. The van der Waals surface area contributed by atoms with E-state index in [0.29, 0.717) is 17.0 Å². The van der Waals surface area contributed by atoms with E-state index < -0.39 is 11.9 Å². The van der Waals surface area contributed by atoms with Crippen LogP contribution in [0.4, 0.5) is 29.7 Å². The number of hydrogen-bond acceptors (Lipinski definition) is 6. The Bertz CT molecular complexity index is 1340. The third kappa shape index (κ3) is 5.62. The second kappa shape index (κ2) is 9.81. The molecule has 0 fully saturated rings. The van der Waals surface area contributed by atoms with Gasteiger partial charge in [0.05, 0.1) is 4.88 Å². The lowest BCUT2D eigenvalue weighted by atomic mass is 9.86. The summed E-state index contributed by atoms with van der Waals surface area (Å²) >= 11 is 0.932. The molecule has 2 aromatic heterocycles. The first-order valence-corrected chi connectivity index (χ1v) is 12.1. The number of para-hydroxylation sites is 1. The molecule has 4 aromatic rings. The minimum Gasteiger partial charge on any atom is -0.437 e. The second-order valence-corrected chi connectivity index (χ2v) is 10.5. The number of hydrogen-bond donors (Lipinski definition) is 1. The standard InChI is InChI=1S/C27H27F3N4OS/c1-26(2,3)19-9-6-7-11-21(19)35-24-20(10-8-16-31-24)32-25-33-23(27(28,29)30)22(36-25)17-12-14-18(15-13-17)34(4)5/h6-16H,1-5H3,(H,32,33). The lowest BCUT2D eigenvalue weighted by molar-refractivity contribution is -0.140. The molecule has 0 atom stereocenters. The molecule has 0 bridgehead atoms. The van der Waals surface area contributed by atoms with Gasteiger partial charge in [-0.25, -0.2) is 9.97 Å². The van der Waals surface area contributed by atoms with Crippen LogP contribution in [0.1, 0.15) is 32.0 Å². The predicted octanol–water partition coefficient (Wildman–Crippen LogP) is 8.12. The highest BCUT2D eigenvalue weighted by Crippen LogP contribution is 2.44. The Kier molecular flexibility index (Phi) is 6.95. The molecule has 2 heterocycles. The zero-order valence-corrected chi connectivity index (χ0v) is 21.5. The first-order valence-electron chi connectivity index (χ1n) is 11.3. The molecule has 0 aliphatic carbocycles. The lowest BCUT2D eigenvalue weighted by Crippen LogP contribution is -2.12. The minimum atomic E-state index is -4.61. The molecule has 0 aliphatic heterocycles. The van der Waals surface area contributed by atoms with Crippen molar-refractivity contribution in [1.82, 2.24) is 9.97 Å². The number of rotatable bonds is 6. The maximum atomic E-state index is 13.9. The van der Waals surface area contributed by atoms with Crippen molar-refractivity contribution >= 4 is 27.8 Å². The highest BCUT2D eigenvalue weighted by molar-refractivity contribution is 7.19. The fourth-order valence-corrected chi connectivity index (χ4v) is 4.64. The monoisotopic (exact) mass is 512 g/mol. The average molecular weight is 513 g/mol. The van der Waals surface area contributed by atoms with Gasteiger partial charge in [0.1, 0.15) is 11.4 Å². The largest absolute Gasteiger partial charge is 0.437 e. The quantitative estimate of drug-likeness (QED) is 0.283. The van der Waals surface area contributed by atoms with Crippen molar-refractivity contribution in [2.75, 3.05) is 24.3 Å². The first-order chi connectivity index (χ1) is 16.9. The Morgan fingerprint density at radius 3 is 2.25 bits per heavy atom. The number of pyridine rings is 1. The maximum Gasteiger partial charge on any atom is 0.434 e. The Balaban J connectivity index is 1.69. The van der Waals surface area contributed by atoms with Gasteiger partial charge in [0.15, 0.2) is 10.8 Å². The van der Waals surface area contributed by atoms with Crippen LogP contribution in [-0.2, 0) is 11.6 Å². The summed E-state index contributed by atoms with van der Waals surface area (Å²) in [7, 11) is 3.75. The van der Waals surface area contributed by atoms with Crippen LogP contribution in [0, 0.1) is 0 Å². The highest BCUT2D eigenvalue weighted by atomic mass is 32.1. The number of ether oxygens (including phenoxy) is 1. The smallest absolute Gasteiger partial charge is 0.434 e. The third-order valence-electron chi connectivity index (χ3n) is 5.46. The van der Waals surface area contributed by atoms with Gasteiger partial charge in [-0.05, 0) is 41.3 Å². The minimum absolute atomic E-state index is 0.0414. The number of aromatic nitrogens is 2. The average Bonchev–Trinajstić information content (AvgIpc) is 3.25. The van der Waals surface area contributed by atoms with Crippen LogP contribution in [0.2, 0.25) is 0 Å². The third-order valence-corrected chi connectivity index (χ3v) is 6.48. The molecule has 0 amide bonds. The van der Waals surface area contributed by atoms with E-state index in [0.717, 1.165) is 22.6 Å². The molecule has 36 heavy (non-hydrogen) atoms. The van der Waals surface area contributed by atoms with E-state index in [1.807, 2.05) is 43.3 Å². The highest BCUT2D eigenvalue weighted by Gasteiger charge is 2.38. The molecule has 0 unspecified atom stereocenters. The van der Waals surface area contributed by atoms with Gasteiger partial charge in [-0.15, -0.1) is 0 Å². The summed E-state index contributed by atoms with van der Waals surface area (Å²) in [6, 6.07) is 17.9. The molecule has 188 valence electrons. The van der Waals surface area contributed by atoms with Gasteiger partial charge in [-0.3, -0.25) is 0 Å². The molecule has 0 saturated carbocycles. The summed E-state index contributed by atoms with van der Waals surface area (Å²) in [6.45, 7) is 6.23. The Morgan fingerprint density at radius 1 is 0.917 bits per heavy atom. The van der Waals surface area contributed by atoms with Crippen molar-refractivity contribution in [2.45, 2.75) is 32.4 Å². The van der Waals surface area contributed by atoms with Crippen molar-refractivity contribution in [2.24, 2.45) is 0 Å². The Morgan fingerprint density at radius 2 is 1.61 bits per heavy atom. The summed E-state index contributed by atoms with van der Waals surface area (Å²) in [5.41, 5.74) is 1.63. The van der Waals surface area contributed by atoms with Crippen LogP contribution in [0.5, 0.6) is 11.6 Å². The molecular formula is C27H27F3N4OS. The molecule has 0 radical (unpaired) electrons. The number of nitrogens with zero attached hydrogens (tertiary/aromatic N) is 3. The van der Waals surface area contributed by atoms with Gasteiger partial charge in [-0.2, -0.15) is 13.2 Å². The van der Waals surface area contributed by atoms with Gasteiger partial charge in [-0.1, -0.05) is 62.4 Å². The molecule has 4 rings (SSSR count). The Labute approximate surface area is 212 Å². The van der Waals surface area contributed by atoms with E-state index in [1.165, 1.54) is 0 Å². The summed E-state index contributed by atoms with van der Waals surface area (Å²) in [5, 5.41) is 3.09. The number of anilines is 3. The Hall–Kier alpha value is -3.59. The second-order valence-electron chi connectivity index (χ2n) is 9.47. The summed E-state index contributed by atoms with van der Waals surface area (Å²) in [4.78, 5) is 10.2. The predicted molar refractivity (Wildman–Crippen MR) is 140 cm³/mol. The van der Waals surface area contributed by atoms with Gasteiger partial charge in [0.2, 0.25) is 5.88 Å². The SMILES string of the molecule is CN(C)c1ccc(-c2sc(Nc3cccnc3Oc3ccccc3C(C)(C)C)nc2C(F)(F)F)cc1. The number of halogens is 3. The molecule has 1 N–H and O–H groups in total. The van der Waals surface area contributed by atoms with Crippen LogP contribution in [-0.4, -0.2) is 24.1 Å². The van der Waals surface area contributed by atoms with Gasteiger partial charge >= 0.3 is 6.18 Å². The zero-order valence-electron chi connectivity index (χ0n) is 20.6. The van der Waals surface area contributed by atoms with E-state index in [-0.39, 0.29) is 21.3 Å². The molecule has 2 aromatic carbocycles. The number of benzene rings is 2. The van der Waals surface area contributed by atoms with Crippen molar-refractivity contribution in [1.29, 1.82) is 0 Å². The van der Waals surface area contributed by atoms with E-state index in [4.69, 9.17) is 4.74 Å². The van der Waals surface area contributed by atoms with Gasteiger partial charge < -0.3 is 15.0 Å². The normalized spacial score (nSPS) is 11.9. The summed E-state index contributed by atoms with van der Waals surface area (Å²) in [5.74, 6) is 0.874. The lowest BCUT2D eigenvalue weighted by Gasteiger charge is -2.22. The topological polar surface area (TPSA) is 50.3 Å². The number of alkyl halides is 3. The van der Waals surface area contributed by atoms with Crippen molar-refractivity contribution in [3.63, 3.8) is 0 Å². The van der Waals surface area contributed by atoms with E-state index in [2.05, 4.69) is 36.1 Å². The molecule has 0 spiro atoms. The molecule has 5 nitrogen and oxygen atoms in total. The molecule has 9 heteroatoms. The van der Waals surface area contributed by atoms with Gasteiger partial charge in [0.25, 0.3) is 0 Å². The molecular weight excluding hydrogens is 485 g/mol. The summed E-state index contributed by atoms with van der Waals surface area (Å²) < 4.78 is 47.8. The van der Waals surface area contributed by atoms with Crippen LogP contribution in [0.25, 0.3) is 10.4 Å². The van der Waals surface area contributed by atoms with Gasteiger partial charge in [0, 0.05) is 31.5 Å². The van der Waals surface area contributed by atoms with Crippen LogP contribution >= 0.6 is 11.3 Å². The van der Waals surface area contributed by atoms with Crippen LogP contribution < -0.4 is 15.0 Å². The van der Waals surface area contributed by atoms with Crippen molar-refractivity contribution in [3.05, 3.63) is 78.1 Å². The molecule has 0 aliphatic rings. The van der Waals surface area contributed by atoms with E-state index in [1.54, 1.807) is 42.6 Å². The van der Waals surface area contributed by atoms with Crippen LogP contribution in [0.15, 0.2) is 66.9 Å². The zero-order chi connectivity index (χ0) is 26.1. The van der Waals surface area contributed by atoms with Crippen molar-refractivity contribution < 1.29 is 17.9 Å². The summed E-state index contributed by atoms with van der Waals surface area (Å²) in [6.07, 6.45) is -3.03. The van der Waals surface area contributed by atoms with Crippen molar-refractivity contribution in [3.8, 4) is 22.1 Å². The molecule has 0 saturated heterocycles. The fraction of sp³-hybridized carbons (Fsp3) is 0.259. The number of nitrogens with one attached hydrogen (secondary N) is 1. The van der Waals surface area contributed by atoms with Crippen LogP contribution in [0.3, 0.4) is 0 Å². The fourth-order valence-electron chi connectivity index (χ4n) is 3.63. The number of thiazole rings is 1. The van der Waals surface area contributed by atoms with E-state index in [9.17, 15) is 13.2 Å². The maximum absolute atomic E-state index is 13.9.